The van der Waals surface area contributed by atoms with E-state index in [-0.39, 0.29) is 0 Å². The van der Waals surface area contributed by atoms with Gasteiger partial charge in [0.1, 0.15) is 17.6 Å². The fourth-order valence-electron chi connectivity index (χ4n) is 1.83. The zero-order valence-electron chi connectivity index (χ0n) is 9.52. The van der Waals surface area contributed by atoms with Crippen LogP contribution in [0.4, 0.5) is 0 Å². The SMILES string of the molecule is C[n+]1cc(Br)cc(-c2nc3c(Cl)cccc3s2)c1. The van der Waals surface area contributed by atoms with E-state index in [9.17, 15) is 0 Å². The lowest BCUT2D eigenvalue weighted by atomic mass is 10.3. The highest BCUT2D eigenvalue weighted by molar-refractivity contribution is 9.10. The number of para-hydroxylation sites is 1. The monoisotopic (exact) mass is 339 g/mol. The third-order valence-corrected chi connectivity index (χ3v) is 4.39. The second kappa shape index (κ2) is 4.61. The van der Waals surface area contributed by atoms with Gasteiger partial charge in [-0.25, -0.2) is 9.55 Å². The third-order valence-electron chi connectivity index (χ3n) is 2.58. The number of aryl methyl sites for hydroxylation is 1. The lowest BCUT2D eigenvalue weighted by molar-refractivity contribution is -0.671. The summed E-state index contributed by atoms with van der Waals surface area (Å²) in [6, 6.07) is 7.92. The summed E-state index contributed by atoms with van der Waals surface area (Å²) in [4.78, 5) is 4.62. The summed E-state index contributed by atoms with van der Waals surface area (Å²) in [6.07, 6.45) is 4.06. The first kappa shape index (κ1) is 12.1. The van der Waals surface area contributed by atoms with E-state index in [1.54, 1.807) is 11.3 Å². The summed E-state index contributed by atoms with van der Waals surface area (Å²) >= 11 is 11.3. The van der Waals surface area contributed by atoms with Crippen molar-refractivity contribution in [1.29, 1.82) is 0 Å². The predicted molar refractivity (Wildman–Crippen MR) is 78.9 cm³/mol. The first-order valence-electron chi connectivity index (χ1n) is 5.35. The van der Waals surface area contributed by atoms with Crippen molar-refractivity contribution in [2.45, 2.75) is 0 Å². The summed E-state index contributed by atoms with van der Waals surface area (Å²) in [5.74, 6) is 0. The third kappa shape index (κ3) is 2.16. The maximum Gasteiger partial charge on any atom is 0.182 e. The molecule has 18 heavy (non-hydrogen) atoms. The fourth-order valence-corrected chi connectivity index (χ4v) is 3.65. The van der Waals surface area contributed by atoms with E-state index >= 15 is 0 Å². The molecule has 1 aromatic carbocycles. The summed E-state index contributed by atoms with van der Waals surface area (Å²) in [6.45, 7) is 0. The van der Waals surface area contributed by atoms with Gasteiger partial charge in [0.25, 0.3) is 0 Å². The van der Waals surface area contributed by atoms with Crippen LogP contribution in [0, 0.1) is 0 Å². The van der Waals surface area contributed by atoms with Crippen molar-refractivity contribution < 1.29 is 4.57 Å². The minimum Gasteiger partial charge on any atom is -0.234 e. The molecule has 0 unspecified atom stereocenters. The second-order valence-electron chi connectivity index (χ2n) is 4.01. The lowest BCUT2D eigenvalue weighted by Gasteiger charge is -1.95. The van der Waals surface area contributed by atoms with Crippen molar-refractivity contribution in [2.24, 2.45) is 7.05 Å². The van der Waals surface area contributed by atoms with Gasteiger partial charge >= 0.3 is 0 Å². The number of pyridine rings is 1. The van der Waals surface area contributed by atoms with Crippen LogP contribution in [0.2, 0.25) is 5.02 Å². The van der Waals surface area contributed by atoms with Gasteiger partial charge in [0.15, 0.2) is 12.4 Å². The Morgan fingerprint density at radius 2 is 2.17 bits per heavy atom. The molecule has 0 saturated carbocycles. The zero-order valence-corrected chi connectivity index (χ0v) is 12.7. The molecule has 5 heteroatoms. The average molecular weight is 341 g/mol. The van der Waals surface area contributed by atoms with Gasteiger partial charge in [0.05, 0.1) is 19.8 Å². The normalized spacial score (nSPS) is 11.1. The number of rotatable bonds is 1. The topological polar surface area (TPSA) is 16.8 Å². The Morgan fingerprint density at radius 3 is 2.89 bits per heavy atom. The van der Waals surface area contributed by atoms with Gasteiger partial charge in [-0.1, -0.05) is 17.7 Å². The van der Waals surface area contributed by atoms with Crippen molar-refractivity contribution in [3.05, 3.63) is 46.2 Å². The van der Waals surface area contributed by atoms with Gasteiger partial charge in [-0.2, -0.15) is 0 Å². The molecule has 2 aromatic heterocycles. The molecule has 0 aliphatic carbocycles. The summed E-state index contributed by atoms with van der Waals surface area (Å²) in [5.41, 5.74) is 1.96. The van der Waals surface area contributed by atoms with Gasteiger partial charge in [0.2, 0.25) is 0 Å². The van der Waals surface area contributed by atoms with Crippen LogP contribution in [-0.4, -0.2) is 4.98 Å². The van der Waals surface area contributed by atoms with Crippen molar-refractivity contribution in [2.75, 3.05) is 0 Å². The van der Waals surface area contributed by atoms with E-state index in [1.165, 1.54) is 0 Å². The van der Waals surface area contributed by atoms with Crippen molar-refractivity contribution in [3.8, 4) is 10.6 Å². The molecule has 2 nitrogen and oxygen atoms in total. The second-order valence-corrected chi connectivity index (χ2v) is 6.37. The highest BCUT2D eigenvalue weighted by Crippen LogP contribution is 2.33. The van der Waals surface area contributed by atoms with Crippen LogP contribution < -0.4 is 4.57 Å². The first-order chi connectivity index (χ1) is 8.63. The highest BCUT2D eigenvalue weighted by Gasteiger charge is 2.12. The maximum atomic E-state index is 6.15. The van der Waals surface area contributed by atoms with E-state index in [0.717, 1.165) is 25.3 Å². The van der Waals surface area contributed by atoms with Crippen LogP contribution in [0.3, 0.4) is 0 Å². The van der Waals surface area contributed by atoms with E-state index in [1.807, 2.05) is 36.0 Å². The summed E-state index contributed by atoms with van der Waals surface area (Å²) < 4.78 is 4.15. The first-order valence-corrected chi connectivity index (χ1v) is 7.33. The molecule has 0 fully saturated rings. The quantitative estimate of drug-likeness (QED) is 0.607. The molecular weight excluding hydrogens is 332 g/mol. The van der Waals surface area contributed by atoms with Crippen LogP contribution >= 0.6 is 38.9 Å². The molecule has 2 heterocycles. The van der Waals surface area contributed by atoms with Crippen LogP contribution in [0.15, 0.2) is 41.1 Å². The van der Waals surface area contributed by atoms with E-state index in [0.29, 0.717) is 5.02 Å². The minimum absolute atomic E-state index is 0.703. The fraction of sp³-hybridized carbons (Fsp3) is 0.0769. The van der Waals surface area contributed by atoms with Crippen LogP contribution in [0.1, 0.15) is 0 Å². The number of benzene rings is 1. The molecule has 3 rings (SSSR count). The molecule has 0 radical (unpaired) electrons. The van der Waals surface area contributed by atoms with Crippen LogP contribution in [-0.2, 0) is 7.05 Å². The van der Waals surface area contributed by atoms with E-state index in [4.69, 9.17) is 11.6 Å². The zero-order chi connectivity index (χ0) is 12.7. The molecular formula is C13H9BrClN2S+. The molecule has 90 valence electrons. The van der Waals surface area contributed by atoms with Gasteiger partial charge in [-0.15, -0.1) is 11.3 Å². The molecule has 3 aromatic rings. The Morgan fingerprint density at radius 1 is 1.33 bits per heavy atom. The Balaban J connectivity index is 2.22. The van der Waals surface area contributed by atoms with E-state index < -0.39 is 0 Å². The number of aromatic nitrogens is 2. The Bertz CT molecular complexity index is 719. The number of thiazole rings is 1. The van der Waals surface area contributed by atoms with Crippen molar-refractivity contribution in [3.63, 3.8) is 0 Å². The van der Waals surface area contributed by atoms with Crippen LogP contribution in [0.5, 0.6) is 0 Å². The number of halogens is 2. The largest absolute Gasteiger partial charge is 0.234 e. The Hall–Kier alpha value is -0.970. The molecule has 0 atom stereocenters. The Kier molecular flexibility index (Phi) is 3.09. The van der Waals surface area contributed by atoms with Gasteiger partial charge in [0, 0.05) is 0 Å². The molecule has 0 aliphatic heterocycles. The van der Waals surface area contributed by atoms with E-state index in [2.05, 4.69) is 33.2 Å². The number of nitrogens with zero attached hydrogens (tertiary/aromatic N) is 2. The predicted octanol–water partition coefficient (Wildman–Crippen LogP) is 4.20. The molecule has 0 N–H and O–H groups in total. The molecule has 0 spiro atoms. The lowest BCUT2D eigenvalue weighted by Crippen LogP contribution is -2.26. The number of hydrogen-bond donors (Lipinski definition) is 0. The van der Waals surface area contributed by atoms with Gasteiger partial charge in [-0.05, 0) is 34.1 Å². The highest BCUT2D eigenvalue weighted by atomic mass is 79.9. The van der Waals surface area contributed by atoms with Crippen molar-refractivity contribution in [1.82, 2.24) is 4.98 Å². The van der Waals surface area contributed by atoms with Crippen molar-refractivity contribution >= 4 is 49.1 Å². The Labute approximate surface area is 122 Å². The summed E-state index contributed by atoms with van der Waals surface area (Å²) in [5, 5.41) is 1.68. The minimum atomic E-state index is 0.703. The summed E-state index contributed by atoms with van der Waals surface area (Å²) in [7, 11) is 1.99. The molecule has 0 amide bonds. The molecule has 0 bridgehead atoms. The average Bonchev–Trinajstić information content (AvgIpc) is 2.73. The van der Waals surface area contributed by atoms with Gasteiger partial charge < -0.3 is 0 Å². The van der Waals surface area contributed by atoms with Gasteiger partial charge in [-0.3, -0.25) is 0 Å². The van der Waals surface area contributed by atoms with Crippen LogP contribution in [0.25, 0.3) is 20.8 Å². The molecule has 0 aliphatic rings. The smallest absolute Gasteiger partial charge is 0.182 e. The maximum absolute atomic E-state index is 6.15. The number of hydrogen-bond acceptors (Lipinski definition) is 2. The number of fused-ring (bicyclic) bond motifs is 1. The standard InChI is InChI=1S/C13H9BrClN2S/c1-17-6-8(5-9(14)7-17)13-16-12-10(15)3-2-4-11(12)18-13/h2-7H,1H3/q+1. The molecule has 0 saturated heterocycles.